The van der Waals surface area contributed by atoms with Crippen molar-refractivity contribution in [3.05, 3.63) is 58.7 Å². The number of rotatable bonds is 0. The van der Waals surface area contributed by atoms with Gasteiger partial charge in [0.15, 0.2) is 0 Å². The molecule has 1 aliphatic carbocycles. The second-order valence-electron chi connectivity index (χ2n) is 6.26. The Hall–Kier alpha value is -1.96. The lowest BCUT2D eigenvalue weighted by atomic mass is 9.95. The maximum atomic E-state index is 10.4. The molecule has 4 bridgehead atoms. The summed E-state index contributed by atoms with van der Waals surface area (Å²) in [6, 6.07) is 12.1. The Morgan fingerprint density at radius 3 is 1.27 bits per heavy atom. The minimum atomic E-state index is 0.454. The largest absolute Gasteiger partial charge is 0.507 e. The topological polar surface area (TPSA) is 40.5 Å². The van der Waals surface area contributed by atoms with Crippen LogP contribution in [0.2, 0.25) is 0 Å². The highest BCUT2D eigenvalue weighted by molar-refractivity contribution is 5.43. The van der Waals surface area contributed by atoms with Crippen LogP contribution in [0.1, 0.15) is 47.9 Å². The molecule has 2 aromatic rings. The maximum absolute atomic E-state index is 10.4. The summed E-state index contributed by atoms with van der Waals surface area (Å²) in [5, 5.41) is 20.9. The molecular formula is C20H24O2. The Morgan fingerprint density at radius 2 is 0.864 bits per heavy atom. The first-order valence-corrected chi connectivity index (χ1v) is 8.35. The van der Waals surface area contributed by atoms with Crippen LogP contribution < -0.4 is 0 Å². The third-order valence-corrected chi connectivity index (χ3v) is 4.71. The van der Waals surface area contributed by atoms with E-state index in [0.717, 1.165) is 60.8 Å². The second kappa shape index (κ2) is 6.87. The molecule has 0 radical (unpaired) electrons. The van der Waals surface area contributed by atoms with Crippen LogP contribution in [0.15, 0.2) is 36.4 Å². The Kier molecular flexibility index (Phi) is 4.67. The van der Waals surface area contributed by atoms with E-state index >= 15 is 0 Å². The molecular weight excluding hydrogens is 272 g/mol. The molecule has 0 heterocycles. The Bertz CT molecular complexity index is 589. The molecule has 0 unspecified atom stereocenters. The molecule has 22 heavy (non-hydrogen) atoms. The minimum absolute atomic E-state index is 0.454. The number of aryl methyl sites for hydroxylation is 4. The molecule has 116 valence electrons. The second-order valence-corrected chi connectivity index (χ2v) is 6.26. The fraction of sp³-hybridized carbons (Fsp3) is 0.400. The summed E-state index contributed by atoms with van der Waals surface area (Å²) < 4.78 is 0. The van der Waals surface area contributed by atoms with Crippen LogP contribution in [-0.2, 0) is 25.7 Å². The number of phenolic OH excluding ortho intramolecular Hbond substituents is 2. The number of hydrogen-bond acceptors (Lipinski definition) is 2. The van der Waals surface area contributed by atoms with E-state index in [0.29, 0.717) is 11.5 Å². The third kappa shape index (κ3) is 3.27. The zero-order chi connectivity index (χ0) is 15.4. The summed E-state index contributed by atoms with van der Waals surface area (Å²) in [5.41, 5.74) is 4.10. The molecule has 1 aliphatic rings. The van der Waals surface area contributed by atoms with E-state index in [4.69, 9.17) is 0 Å². The van der Waals surface area contributed by atoms with Gasteiger partial charge >= 0.3 is 0 Å². The third-order valence-electron chi connectivity index (χ3n) is 4.71. The number of hydrogen-bond donors (Lipinski definition) is 2. The average molecular weight is 296 g/mol. The molecule has 0 fully saturated rings. The van der Waals surface area contributed by atoms with E-state index in [-0.39, 0.29) is 0 Å². The summed E-state index contributed by atoms with van der Waals surface area (Å²) in [7, 11) is 0. The zero-order valence-corrected chi connectivity index (χ0v) is 13.0. The van der Waals surface area contributed by atoms with Gasteiger partial charge in [-0.15, -0.1) is 0 Å². The monoisotopic (exact) mass is 296 g/mol. The van der Waals surface area contributed by atoms with Gasteiger partial charge in [0.05, 0.1) is 0 Å². The van der Waals surface area contributed by atoms with Gasteiger partial charge in [0, 0.05) is 0 Å². The smallest absolute Gasteiger partial charge is 0.121 e. The lowest BCUT2D eigenvalue weighted by molar-refractivity contribution is 0.451. The van der Waals surface area contributed by atoms with Gasteiger partial charge in [-0.05, 0) is 60.8 Å². The summed E-state index contributed by atoms with van der Waals surface area (Å²) >= 11 is 0. The van der Waals surface area contributed by atoms with Crippen molar-refractivity contribution in [3.8, 4) is 11.5 Å². The summed E-state index contributed by atoms with van der Waals surface area (Å²) in [5.74, 6) is 0.908. The molecule has 0 aromatic heterocycles. The van der Waals surface area contributed by atoms with Crippen molar-refractivity contribution in [2.24, 2.45) is 0 Å². The van der Waals surface area contributed by atoms with E-state index in [1.807, 2.05) is 36.4 Å². The summed E-state index contributed by atoms with van der Waals surface area (Å²) in [6.45, 7) is 0. The van der Waals surface area contributed by atoms with Crippen molar-refractivity contribution < 1.29 is 10.2 Å². The van der Waals surface area contributed by atoms with Crippen LogP contribution in [0.5, 0.6) is 11.5 Å². The van der Waals surface area contributed by atoms with Crippen molar-refractivity contribution >= 4 is 0 Å². The molecule has 2 nitrogen and oxygen atoms in total. The van der Waals surface area contributed by atoms with Gasteiger partial charge in [-0.2, -0.15) is 0 Å². The van der Waals surface area contributed by atoms with E-state index in [1.165, 1.54) is 12.8 Å². The van der Waals surface area contributed by atoms with Gasteiger partial charge in [0.1, 0.15) is 11.5 Å². The van der Waals surface area contributed by atoms with Crippen molar-refractivity contribution in [1.29, 1.82) is 0 Å². The van der Waals surface area contributed by atoms with Crippen LogP contribution in [0.3, 0.4) is 0 Å². The normalized spacial score (nSPS) is 16.0. The fourth-order valence-corrected chi connectivity index (χ4v) is 3.35. The number of phenols is 2. The van der Waals surface area contributed by atoms with Gasteiger partial charge in [-0.1, -0.05) is 49.2 Å². The minimum Gasteiger partial charge on any atom is -0.507 e. The van der Waals surface area contributed by atoms with Crippen molar-refractivity contribution in [2.45, 2.75) is 51.4 Å². The molecule has 2 N–H and O–H groups in total. The molecule has 2 heteroatoms. The molecule has 0 saturated heterocycles. The predicted octanol–water partition coefficient (Wildman–Crippen LogP) is 4.54. The zero-order valence-electron chi connectivity index (χ0n) is 13.0. The number of para-hydroxylation sites is 2. The first kappa shape index (κ1) is 15.0. The van der Waals surface area contributed by atoms with E-state index < -0.39 is 0 Å². The fourth-order valence-electron chi connectivity index (χ4n) is 3.35. The van der Waals surface area contributed by atoms with Crippen LogP contribution >= 0.6 is 0 Å². The highest BCUT2D eigenvalue weighted by Gasteiger charge is 2.11. The molecule has 0 amide bonds. The Morgan fingerprint density at radius 1 is 0.500 bits per heavy atom. The highest BCUT2D eigenvalue weighted by atomic mass is 16.3. The van der Waals surface area contributed by atoms with Crippen LogP contribution in [0.4, 0.5) is 0 Å². The van der Waals surface area contributed by atoms with Gasteiger partial charge < -0.3 is 10.2 Å². The van der Waals surface area contributed by atoms with Crippen molar-refractivity contribution in [3.63, 3.8) is 0 Å². The van der Waals surface area contributed by atoms with E-state index in [2.05, 4.69) is 0 Å². The lowest BCUT2D eigenvalue weighted by Crippen LogP contribution is -1.98. The molecule has 0 atom stereocenters. The standard InChI is InChI=1S/C20H24O2/c21-19-15-7-3-1-2-4-8-16-10-6-12-18(20(16)22)14-13-17(19)11-5-9-15/h5-6,9-12,21-22H,1-4,7-8,13-14H2. The van der Waals surface area contributed by atoms with Crippen LogP contribution in [0, 0.1) is 0 Å². The van der Waals surface area contributed by atoms with Crippen LogP contribution in [0.25, 0.3) is 0 Å². The average Bonchev–Trinajstić information content (AvgIpc) is 2.52. The molecule has 0 aliphatic heterocycles. The quantitative estimate of drug-likeness (QED) is 0.749. The molecule has 2 aromatic carbocycles. The molecule has 0 saturated carbocycles. The Labute approximate surface area is 132 Å². The predicted molar refractivity (Wildman–Crippen MR) is 89.5 cm³/mol. The maximum Gasteiger partial charge on any atom is 0.121 e. The first-order chi connectivity index (χ1) is 10.8. The Balaban J connectivity index is 1.91. The summed E-state index contributed by atoms with van der Waals surface area (Å²) in [4.78, 5) is 0. The highest BCUT2D eigenvalue weighted by Crippen LogP contribution is 2.29. The van der Waals surface area contributed by atoms with Gasteiger partial charge in [-0.25, -0.2) is 0 Å². The first-order valence-electron chi connectivity index (χ1n) is 8.35. The van der Waals surface area contributed by atoms with E-state index in [1.54, 1.807) is 0 Å². The number of fused-ring (bicyclic) bond motifs is 4. The molecule has 0 spiro atoms. The lowest BCUT2D eigenvalue weighted by Gasteiger charge is -2.13. The van der Waals surface area contributed by atoms with Gasteiger partial charge in [-0.3, -0.25) is 0 Å². The van der Waals surface area contributed by atoms with Crippen molar-refractivity contribution in [1.82, 2.24) is 0 Å². The van der Waals surface area contributed by atoms with E-state index in [9.17, 15) is 10.2 Å². The SMILES string of the molecule is Oc1c2cccc1CCc1cccc(c1O)CCCCCC2. The number of aromatic hydroxyl groups is 2. The van der Waals surface area contributed by atoms with Gasteiger partial charge in [0.25, 0.3) is 0 Å². The summed E-state index contributed by atoms with van der Waals surface area (Å²) in [6.07, 6.45) is 8.00. The van der Waals surface area contributed by atoms with Crippen LogP contribution in [-0.4, -0.2) is 10.2 Å². The molecule has 3 rings (SSSR count). The van der Waals surface area contributed by atoms with Crippen molar-refractivity contribution in [2.75, 3.05) is 0 Å². The van der Waals surface area contributed by atoms with Gasteiger partial charge in [0.2, 0.25) is 0 Å². The number of benzene rings is 2.